The van der Waals surface area contributed by atoms with Crippen LogP contribution in [0, 0.1) is 0 Å². The van der Waals surface area contributed by atoms with Crippen molar-refractivity contribution in [2.75, 3.05) is 6.61 Å². The van der Waals surface area contributed by atoms with E-state index < -0.39 is 0 Å². The quantitative estimate of drug-likeness (QED) is 0.603. The van der Waals surface area contributed by atoms with Crippen molar-refractivity contribution in [1.82, 2.24) is 5.43 Å². The van der Waals surface area contributed by atoms with Crippen molar-refractivity contribution in [3.05, 3.63) is 69.7 Å². The zero-order valence-electron chi connectivity index (χ0n) is 13.0. The molecule has 0 saturated heterocycles. The molecule has 0 aliphatic rings. The maximum atomic E-state index is 11.7. The summed E-state index contributed by atoms with van der Waals surface area (Å²) < 4.78 is 5.32. The average molecular weight is 363 g/mol. The molecule has 24 heavy (non-hydrogen) atoms. The van der Waals surface area contributed by atoms with Gasteiger partial charge in [0.05, 0.1) is 11.2 Å². The van der Waals surface area contributed by atoms with Crippen molar-refractivity contribution in [2.45, 2.75) is 6.92 Å². The summed E-state index contributed by atoms with van der Waals surface area (Å²) in [6.07, 6.45) is 3.53. The van der Waals surface area contributed by atoms with Gasteiger partial charge in [-0.1, -0.05) is 59.6 Å². The lowest BCUT2D eigenvalue weighted by Crippen LogP contribution is -2.24. The zero-order valence-corrected chi connectivity index (χ0v) is 14.5. The molecule has 0 aliphatic carbocycles. The minimum Gasteiger partial charge on any atom is -0.482 e. The van der Waals surface area contributed by atoms with Gasteiger partial charge in [0.1, 0.15) is 5.75 Å². The molecule has 2 aromatic rings. The lowest BCUT2D eigenvalue weighted by molar-refractivity contribution is -0.123. The number of ether oxygens (including phenoxy) is 1. The lowest BCUT2D eigenvalue weighted by Gasteiger charge is -2.06. The Morgan fingerprint density at radius 1 is 1.21 bits per heavy atom. The van der Waals surface area contributed by atoms with Gasteiger partial charge in [-0.15, -0.1) is 0 Å². The fourth-order valence-corrected chi connectivity index (χ4v) is 2.29. The van der Waals surface area contributed by atoms with Crippen molar-refractivity contribution in [3.8, 4) is 5.75 Å². The molecular formula is C18H16Cl2N2O2. The summed E-state index contributed by atoms with van der Waals surface area (Å²) in [4.78, 5) is 11.7. The van der Waals surface area contributed by atoms with Crippen LogP contribution in [-0.4, -0.2) is 18.7 Å². The van der Waals surface area contributed by atoms with E-state index in [0.717, 1.165) is 11.1 Å². The number of allylic oxidation sites excluding steroid dienone is 1. The molecular weight excluding hydrogens is 347 g/mol. The minimum absolute atomic E-state index is 0.194. The molecule has 0 radical (unpaired) electrons. The molecule has 1 amide bonds. The molecule has 0 aliphatic heterocycles. The zero-order chi connectivity index (χ0) is 17.4. The molecule has 0 fully saturated rings. The molecule has 0 heterocycles. The summed E-state index contributed by atoms with van der Waals surface area (Å²) >= 11 is 11.7. The summed E-state index contributed by atoms with van der Waals surface area (Å²) in [6.45, 7) is 1.70. The predicted octanol–water partition coefficient (Wildman–Crippen LogP) is 4.58. The second-order valence-electron chi connectivity index (χ2n) is 4.96. The van der Waals surface area contributed by atoms with Gasteiger partial charge in [0.2, 0.25) is 0 Å². The summed E-state index contributed by atoms with van der Waals surface area (Å²) in [7, 11) is 0. The topological polar surface area (TPSA) is 50.7 Å². The van der Waals surface area contributed by atoms with Crippen LogP contribution in [0.1, 0.15) is 12.5 Å². The third-order valence-corrected chi connectivity index (χ3v) is 3.43. The van der Waals surface area contributed by atoms with Gasteiger partial charge >= 0.3 is 0 Å². The van der Waals surface area contributed by atoms with Gasteiger partial charge in [-0.2, -0.15) is 5.10 Å². The molecule has 0 saturated carbocycles. The van der Waals surface area contributed by atoms with E-state index in [0.29, 0.717) is 15.8 Å². The van der Waals surface area contributed by atoms with Crippen molar-refractivity contribution < 1.29 is 9.53 Å². The third kappa shape index (κ3) is 6.07. The van der Waals surface area contributed by atoms with E-state index in [1.54, 1.807) is 24.4 Å². The molecule has 0 atom stereocenters. The Morgan fingerprint density at radius 2 is 1.96 bits per heavy atom. The fraction of sp³-hybridized carbons (Fsp3) is 0.111. The molecule has 2 aromatic carbocycles. The largest absolute Gasteiger partial charge is 0.482 e. The van der Waals surface area contributed by atoms with Crippen LogP contribution in [0.4, 0.5) is 0 Å². The van der Waals surface area contributed by atoms with Crippen LogP contribution >= 0.6 is 23.2 Å². The summed E-state index contributed by atoms with van der Waals surface area (Å²) in [6, 6.07) is 14.6. The van der Waals surface area contributed by atoms with Gasteiger partial charge in [0.25, 0.3) is 5.91 Å². The Hall–Kier alpha value is -2.30. The van der Waals surface area contributed by atoms with Crippen molar-refractivity contribution >= 4 is 41.4 Å². The number of hydrogen-bond acceptors (Lipinski definition) is 3. The molecule has 0 bridgehead atoms. The van der Waals surface area contributed by atoms with E-state index in [1.807, 2.05) is 43.3 Å². The Balaban J connectivity index is 1.81. The van der Waals surface area contributed by atoms with Crippen LogP contribution in [0.25, 0.3) is 6.08 Å². The number of rotatable bonds is 6. The van der Waals surface area contributed by atoms with E-state index in [9.17, 15) is 4.79 Å². The van der Waals surface area contributed by atoms with Gasteiger partial charge < -0.3 is 4.74 Å². The maximum absolute atomic E-state index is 11.7. The van der Waals surface area contributed by atoms with Crippen LogP contribution in [0.3, 0.4) is 0 Å². The second-order valence-corrected chi connectivity index (χ2v) is 5.80. The standard InChI is InChI=1S/C18H16Cl2N2O2/c1-13(9-14-5-3-2-4-6-14)11-21-22-18(23)12-24-17-8-7-15(19)10-16(17)20/h2-11H,12H2,1H3,(H,22,23)/b13-9-,21-11-. The van der Waals surface area contributed by atoms with Gasteiger partial charge in [-0.25, -0.2) is 5.43 Å². The SMILES string of the molecule is CC(/C=N\NC(=O)COc1ccc(Cl)cc1Cl)=C/c1ccccc1. The summed E-state index contributed by atoms with van der Waals surface area (Å²) in [5.74, 6) is 0.00475. The second kappa shape index (κ2) is 9.11. The number of carbonyl (C=O) groups excluding carboxylic acids is 1. The van der Waals surface area contributed by atoms with Crippen LogP contribution in [0.5, 0.6) is 5.75 Å². The predicted molar refractivity (Wildman–Crippen MR) is 98.7 cm³/mol. The van der Waals surface area contributed by atoms with Crippen LogP contribution in [-0.2, 0) is 4.79 Å². The number of nitrogens with zero attached hydrogens (tertiary/aromatic N) is 1. The van der Waals surface area contributed by atoms with E-state index >= 15 is 0 Å². The number of benzene rings is 2. The Morgan fingerprint density at radius 3 is 2.67 bits per heavy atom. The smallest absolute Gasteiger partial charge is 0.277 e. The number of halogens is 2. The highest BCUT2D eigenvalue weighted by molar-refractivity contribution is 6.35. The molecule has 4 nitrogen and oxygen atoms in total. The lowest BCUT2D eigenvalue weighted by atomic mass is 10.1. The Bertz CT molecular complexity index is 759. The molecule has 6 heteroatoms. The monoisotopic (exact) mass is 362 g/mol. The van der Waals surface area contributed by atoms with Gasteiger partial charge in [-0.3, -0.25) is 4.79 Å². The first-order valence-electron chi connectivity index (χ1n) is 7.17. The van der Waals surface area contributed by atoms with Crippen LogP contribution < -0.4 is 10.2 Å². The number of nitrogens with one attached hydrogen (secondary N) is 1. The van der Waals surface area contributed by atoms with Crippen molar-refractivity contribution in [3.63, 3.8) is 0 Å². The van der Waals surface area contributed by atoms with E-state index in [-0.39, 0.29) is 12.5 Å². The Kier molecular flexibility index (Phi) is 6.85. The third-order valence-electron chi connectivity index (χ3n) is 2.90. The molecule has 0 spiro atoms. The normalized spacial score (nSPS) is 11.5. The number of carbonyl (C=O) groups is 1. The first-order valence-corrected chi connectivity index (χ1v) is 7.93. The van der Waals surface area contributed by atoms with Crippen LogP contribution in [0.15, 0.2) is 59.2 Å². The van der Waals surface area contributed by atoms with Gasteiger partial charge in [0, 0.05) is 5.02 Å². The van der Waals surface area contributed by atoms with Gasteiger partial charge in [0.15, 0.2) is 6.61 Å². The number of amides is 1. The highest BCUT2D eigenvalue weighted by Gasteiger charge is 2.05. The van der Waals surface area contributed by atoms with Gasteiger partial charge in [-0.05, 0) is 36.3 Å². The van der Waals surface area contributed by atoms with Crippen molar-refractivity contribution in [2.24, 2.45) is 5.10 Å². The van der Waals surface area contributed by atoms with Crippen LogP contribution in [0.2, 0.25) is 10.0 Å². The number of hydrogen-bond donors (Lipinski definition) is 1. The summed E-state index contributed by atoms with van der Waals surface area (Å²) in [5, 5.41) is 4.74. The fourth-order valence-electron chi connectivity index (χ4n) is 1.82. The summed E-state index contributed by atoms with van der Waals surface area (Å²) in [5.41, 5.74) is 4.37. The maximum Gasteiger partial charge on any atom is 0.277 e. The highest BCUT2D eigenvalue weighted by atomic mass is 35.5. The molecule has 0 unspecified atom stereocenters. The number of hydrazone groups is 1. The highest BCUT2D eigenvalue weighted by Crippen LogP contribution is 2.27. The molecule has 124 valence electrons. The van der Waals surface area contributed by atoms with Crippen molar-refractivity contribution in [1.29, 1.82) is 0 Å². The van der Waals surface area contributed by atoms with E-state index in [2.05, 4.69) is 10.5 Å². The first-order chi connectivity index (χ1) is 11.5. The molecule has 2 rings (SSSR count). The minimum atomic E-state index is -0.384. The van der Waals surface area contributed by atoms with E-state index in [4.69, 9.17) is 27.9 Å². The van der Waals surface area contributed by atoms with E-state index in [1.165, 1.54) is 0 Å². The Labute approximate surface area is 150 Å². The molecule has 1 N–H and O–H groups in total. The average Bonchev–Trinajstić information content (AvgIpc) is 2.55. The first kappa shape index (κ1) is 18.0. The molecule has 0 aromatic heterocycles.